The number of nitrogens with two attached hydrogens (primary N) is 1. The molecule has 0 radical (unpaired) electrons. The molecule has 1 aliphatic rings. The van der Waals surface area contributed by atoms with Gasteiger partial charge in [0.1, 0.15) is 0 Å². The summed E-state index contributed by atoms with van der Waals surface area (Å²) in [6, 6.07) is 8.74. The second-order valence-corrected chi connectivity index (χ2v) is 8.83. The number of hydrogen-bond donors (Lipinski definition) is 3. The lowest BCUT2D eigenvalue weighted by Gasteiger charge is -2.32. The maximum Gasteiger partial charge on any atom is 0.254 e. The second kappa shape index (κ2) is 9.80. The third-order valence-electron chi connectivity index (χ3n) is 6.12. The molecule has 2 aromatic carbocycles. The number of carbonyl (C=O) groups excluding carboxylic acids is 3. The Morgan fingerprint density at radius 1 is 1.09 bits per heavy atom. The third-order valence-corrected chi connectivity index (χ3v) is 6.39. The van der Waals surface area contributed by atoms with Gasteiger partial charge in [-0.2, -0.15) is 0 Å². The summed E-state index contributed by atoms with van der Waals surface area (Å²) in [5, 5.41) is 4.45. The van der Waals surface area contributed by atoms with Gasteiger partial charge in [-0.25, -0.2) is 0 Å². The predicted molar refractivity (Wildman–Crippen MR) is 131 cm³/mol. The second-order valence-electron chi connectivity index (χ2n) is 8.45. The van der Waals surface area contributed by atoms with E-state index in [1.54, 1.807) is 24.3 Å². The minimum atomic E-state index is -0.569. The van der Waals surface area contributed by atoms with Gasteiger partial charge in [0.25, 0.3) is 11.8 Å². The Morgan fingerprint density at radius 2 is 1.85 bits per heavy atom. The maximum absolute atomic E-state index is 13.0. The number of nitrogens with one attached hydrogen (secondary N) is 2. The fourth-order valence-corrected chi connectivity index (χ4v) is 4.43. The quantitative estimate of drug-likeness (QED) is 0.364. The van der Waals surface area contributed by atoms with E-state index in [4.69, 9.17) is 17.3 Å². The Hall–Kier alpha value is -3.10. The Bertz CT molecular complexity index is 1210. The number of unbranched alkanes of at least 4 members (excludes halogenated alkanes) is 1. The molecule has 3 amide bonds. The number of likely N-dealkylation sites (N-methyl/N-ethyl adjacent to an activating group) is 1. The number of alkyl halides is 1. The summed E-state index contributed by atoms with van der Waals surface area (Å²) in [5.41, 5.74) is 8.34. The van der Waals surface area contributed by atoms with Crippen molar-refractivity contribution >= 4 is 56.8 Å². The summed E-state index contributed by atoms with van der Waals surface area (Å²) in [5.74, 6) is -0.195. The van der Waals surface area contributed by atoms with Gasteiger partial charge in [0, 0.05) is 60.3 Å². The highest BCUT2D eigenvalue weighted by Gasteiger charge is 2.22. The van der Waals surface area contributed by atoms with Crippen LogP contribution in [0, 0.1) is 0 Å². The number of aromatic amines is 1. The summed E-state index contributed by atoms with van der Waals surface area (Å²) >= 11 is 5.70. The van der Waals surface area contributed by atoms with Crippen LogP contribution in [-0.4, -0.2) is 71.6 Å². The van der Waals surface area contributed by atoms with E-state index >= 15 is 0 Å². The molecule has 1 aliphatic heterocycles. The first-order valence-electron chi connectivity index (χ1n) is 11.1. The van der Waals surface area contributed by atoms with Gasteiger partial charge in [0.05, 0.1) is 16.8 Å². The van der Waals surface area contributed by atoms with Crippen LogP contribution in [0.2, 0.25) is 0 Å². The number of aromatic nitrogens is 1. The molecule has 174 valence electrons. The first-order chi connectivity index (χ1) is 15.9. The summed E-state index contributed by atoms with van der Waals surface area (Å²) in [6.07, 6.45) is 1.82. The van der Waals surface area contributed by atoms with Gasteiger partial charge in [0.2, 0.25) is 5.91 Å². The molecule has 2 heterocycles. The molecule has 0 unspecified atom stereocenters. The van der Waals surface area contributed by atoms with Crippen molar-refractivity contribution in [1.29, 1.82) is 0 Å². The highest BCUT2D eigenvalue weighted by Crippen LogP contribution is 2.34. The van der Waals surface area contributed by atoms with Crippen molar-refractivity contribution in [2.45, 2.75) is 19.3 Å². The number of carbonyl (C=O) groups is 3. The fraction of sp³-hybridized carbons (Fsp3) is 0.375. The van der Waals surface area contributed by atoms with E-state index in [9.17, 15) is 14.4 Å². The number of halogens is 1. The molecule has 9 heteroatoms. The van der Waals surface area contributed by atoms with E-state index in [0.29, 0.717) is 65.0 Å². The monoisotopic (exact) mass is 469 g/mol. The molecule has 0 aliphatic carbocycles. The van der Waals surface area contributed by atoms with E-state index in [2.05, 4.69) is 15.2 Å². The van der Waals surface area contributed by atoms with Gasteiger partial charge in [0.15, 0.2) is 0 Å². The number of benzene rings is 2. The number of rotatable bonds is 7. The van der Waals surface area contributed by atoms with Gasteiger partial charge >= 0.3 is 0 Å². The zero-order chi connectivity index (χ0) is 23.5. The average Bonchev–Trinajstić information content (AvgIpc) is 3.18. The van der Waals surface area contributed by atoms with Crippen LogP contribution in [0.4, 0.5) is 5.69 Å². The van der Waals surface area contributed by atoms with Crippen molar-refractivity contribution in [3.63, 3.8) is 0 Å². The van der Waals surface area contributed by atoms with Crippen molar-refractivity contribution < 1.29 is 14.4 Å². The number of anilines is 1. The van der Waals surface area contributed by atoms with Crippen LogP contribution in [0.5, 0.6) is 0 Å². The lowest BCUT2D eigenvalue weighted by molar-refractivity contribution is -0.116. The summed E-state index contributed by atoms with van der Waals surface area (Å²) in [4.78, 5) is 44.8. The normalized spacial score (nSPS) is 14.7. The molecular formula is C24H28ClN5O3. The number of primary amides is 1. The largest absolute Gasteiger partial charge is 0.366 e. The molecule has 33 heavy (non-hydrogen) atoms. The molecule has 0 atom stereocenters. The highest BCUT2D eigenvalue weighted by atomic mass is 35.5. The molecule has 0 spiro atoms. The SMILES string of the molecule is CN1CCN(C(=O)c2ccc3c(c2)[nH]c2c(C(N)=O)ccc(NC(=O)CCCCCl)c23)CC1. The van der Waals surface area contributed by atoms with Crippen molar-refractivity contribution in [1.82, 2.24) is 14.8 Å². The first-order valence-corrected chi connectivity index (χ1v) is 11.6. The van der Waals surface area contributed by atoms with Gasteiger partial charge in [-0.3, -0.25) is 14.4 Å². The van der Waals surface area contributed by atoms with Crippen molar-refractivity contribution in [2.24, 2.45) is 5.73 Å². The number of nitrogens with zero attached hydrogens (tertiary/aromatic N) is 2. The number of fused-ring (bicyclic) bond motifs is 3. The molecule has 1 aromatic heterocycles. The predicted octanol–water partition coefficient (Wildman–Crippen LogP) is 3.16. The van der Waals surface area contributed by atoms with Crippen LogP contribution in [0.1, 0.15) is 40.0 Å². The van der Waals surface area contributed by atoms with Gasteiger partial charge in [-0.05, 0) is 44.2 Å². The van der Waals surface area contributed by atoms with E-state index in [1.165, 1.54) is 0 Å². The standard InChI is InChI=1S/C24H28ClN5O3/c1-29-10-12-30(13-11-29)24(33)15-5-6-16-19(14-15)28-22-17(23(26)32)7-8-18(21(16)22)27-20(31)4-2-3-9-25/h5-8,14,28H,2-4,9-13H2,1H3,(H2,26,32)(H,27,31). The van der Waals surface area contributed by atoms with Gasteiger partial charge in [-0.15, -0.1) is 11.6 Å². The van der Waals surface area contributed by atoms with Crippen LogP contribution in [0.15, 0.2) is 30.3 Å². The minimum Gasteiger partial charge on any atom is -0.366 e. The topological polar surface area (TPSA) is 112 Å². The maximum atomic E-state index is 13.0. The van der Waals surface area contributed by atoms with Gasteiger partial charge in [-0.1, -0.05) is 6.07 Å². The molecule has 8 nitrogen and oxygen atoms in total. The highest BCUT2D eigenvalue weighted by molar-refractivity contribution is 6.21. The number of H-pyrrole nitrogens is 1. The van der Waals surface area contributed by atoms with Crippen LogP contribution in [0.25, 0.3) is 21.8 Å². The number of hydrogen-bond acceptors (Lipinski definition) is 4. The van der Waals surface area contributed by atoms with E-state index < -0.39 is 5.91 Å². The molecule has 4 rings (SSSR count). The van der Waals surface area contributed by atoms with E-state index in [0.717, 1.165) is 24.9 Å². The van der Waals surface area contributed by atoms with Crippen molar-refractivity contribution in [3.05, 3.63) is 41.5 Å². The van der Waals surface area contributed by atoms with Crippen molar-refractivity contribution in [2.75, 3.05) is 44.4 Å². The molecule has 1 saturated heterocycles. The lowest BCUT2D eigenvalue weighted by Crippen LogP contribution is -2.47. The van der Waals surface area contributed by atoms with Crippen molar-refractivity contribution in [3.8, 4) is 0 Å². The zero-order valence-electron chi connectivity index (χ0n) is 18.6. The number of piperazine rings is 1. The molecule has 1 fully saturated rings. The lowest BCUT2D eigenvalue weighted by atomic mass is 10.0. The third kappa shape index (κ3) is 4.82. The summed E-state index contributed by atoms with van der Waals surface area (Å²) in [7, 11) is 2.04. The van der Waals surface area contributed by atoms with Crippen LogP contribution >= 0.6 is 11.6 Å². The average molecular weight is 470 g/mol. The molecule has 0 bridgehead atoms. The summed E-state index contributed by atoms with van der Waals surface area (Å²) < 4.78 is 0. The smallest absolute Gasteiger partial charge is 0.254 e. The zero-order valence-corrected chi connectivity index (χ0v) is 19.4. The number of amides is 3. The Morgan fingerprint density at radius 3 is 2.55 bits per heavy atom. The Kier molecular flexibility index (Phi) is 6.85. The van der Waals surface area contributed by atoms with E-state index in [-0.39, 0.29) is 11.8 Å². The fourth-order valence-electron chi connectivity index (χ4n) is 4.24. The Labute approximate surface area is 197 Å². The molecule has 3 aromatic rings. The first kappa shape index (κ1) is 23.1. The van der Waals surface area contributed by atoms with Gasteiger partial charge < -0.3 is 25.8 Å². The molecule has 0 saturated carbocycles. The molecular weight excluding hydrogens is 442 g/mol. The molecule has 4 N–H and O–H groups in total. The Balaban J connectivity index is 1.71. The van der Waals surface area contributed by atoms with E-state index in [1.807, 2.05) is 18.0 Å². The van der Waals surface area contributed by atoms with Crippen LogP contribution in [-0.2, 0) is 4.79 Å². The van der Waals surface area contributed by atoms with Crippen LogP contribution < -0.4 is 11.1 Å². The minimum absolute atomic E-state index is 0.0217. The summed E-state index contributed by atoms with van der Waals surface area (Å²) in [6.45, 7) is 3.06. The van der Waals surface area contributed by atoms with Crippen LogP contribution in [0.3, 0.4) is 0 Å².